The van der Waals surface area contributed by atoms with E-state index in [2.05, 4.69) is 5.32 Å². The van der Waals surface area contributed by atoms with Crippen LogP contribution in [0.25, 0.3) is 0 Å². The van der Waals surface area contributed by atoms with E-state index in [0.29, 0.717) is 13.0 Å². The van der Waals surface area contributed by atoms with Gasteiger partial charge in [0.25, 0.3) is 0 Å². The zero-order valence-corrected chi connectivity index (χ0v) is 8.24. The Balaban J connectivity index is 3.97. The standard InChI is InChI=1S/C7H17NO2S/c1-4-7(6-8-5-2)11(3,9)10/h7-8H,4-6H2,1-3H3. The minimum absolute atomic E-state index is 0.220. The van der Waals surface area contributed by atoms with Crippen molar-refractivity contribution in [2.75, 3.05) is 19.3 Å². The van der Waals surface area contributed by atoms with Gasteiger partial charge in [-0.25, -0.2) is 8.42 Å². The van der Waals surface area contributed by atoms with Crippen LogP contribution in [0, 0.1) is 0 Å². The van der Waals surface area contributed by atoms with Crippen LogP contribution in [0.4, 0.5) is 0 Å². The van der Waals surface area contributed by atoms with Crippen LogP contribution in [0.3, 0.4) is 0 Å². The lowest BCUT2D eigenvalue weighted by molar-refractivity contribution is 0.568. The van der Waals surface area contributed by atoms with Crippen molar-refractivity contribution in [2.24, 2.45) is 0 Å². The molecule has 0 aliphatic carbocycles. The van der Waals surface area contributed by atoms with Crippen molar-refractivity contribution < 1.29 is 8.42 Å². The fourth-order valence-corrected chi connectivity index (χ4v) is 1.93. The molecule has 4 heteroatoms. The molecule has 0 rings (SSSR count). The zero-order chi connectivity index (χ0) is 8.91. The summed E-state index contributed by atoms with van der Waals surface area (Å²) in [6.45, 7) is 5.26. The molecular formula is C7H17NO2S. The number of hydrogen-bond donors (Lipinski definition) is 1. The monoisotopic (exact) mass is 179 g/mol. The average Bonchev–Trinajstić information content (AvgIpc) is 1.87. The van der Waals surface area contributed by atoms with E-state index in [1.54, 1.807) is 0 Å². The molecule has 0 aliphatic heterocycles. The van der Waals surface area contributed by atoms with E-state index < -0.39 is 9.84 Å². The molecule has 0 aliphatic rings. The molecule has 3 nitrogen and oxygen atoms in total. The van der Waals surface area contributed by atoms with E-state index in [4.69, 9.17) is 0 Å². The fraction of sp³-hybridized carbons (Fsp3) is 1.00. The summed E-state index contributed by atoms with van der Waals surface area (Å²) in [7, 11) is -2.85. The van der Waals surface area contributed by atoms with Crippen LogP contribution in [0.5, 0.6) is 0 Å². The largest absolute Gasteiger partial charge is 0.316 e. The molecule has 0 heterocycles. The molecule has 0 bridgehead atoms. The van der Waals surface area contributed by atoms with Gasteiger partial charge in [0, 0.05) is 12.8 Å². The molecule has 1 N–H and O–H groups in total. The summed E-state index contributed by atoms with van der Waals surface area (Å²) in [4.78, 5) is 0. The Kier molecular flexibility index (Phi) is 4.68. The van der Waals surface area contributed by atoms with Gasteiger partial charge < -0.3 is 5.32 Å². The summed E-state index contributed by atoms with van der Waals surface area (Å²) in [5, 5.41) is 2.81. The summed E-state index contributed by atoms with van der Waals surface area (Å²) in [5.41, 5.74) is 0. The Bertz CT molecular complexity index is 187. The van der Waals surface area contributed by atoms with Gasteiger partial charge in [0.15, 0.2) is 9.84 Å². The minimum atomic E-state index is -2.85. The highest BCUT2D eigenvalue weighted by atomic mass is 32.2. The van der Waals surface area contributed by atoms with E-state index in [0.717, 1.165) is 6.54 Å². The molecule has 0 radical (unpaired) electrons. The van der Waals surface area contributed by atoms with Crippen molar-refractivity contribution >= 4 is 9.84 Å². The molecule has 11 heavy (non-hydrogen) atoms. The quantitative estimate of drug-likeness (QED) is 0.665. The Morgan fingerprint density at radius 1 is 1.36 bits per heavy atom. The molecule has 0 aromatic carbocycles. The molecule has 68 valence electrons. The normalized spacial score (nSPS) is 14.8. The Morgan fingerprint density at radius 2 is 1.91 bits per heavy atom. The lowest BCUT2D eigenvalue weighted by Gasteiger charge is -2.12. The van der Waals surface area contributed by atoms with Gasteiger partial charge in [0.05, 0.1) is 5.25 Å². The van der Waals surface area contributed by atoms with Crippen molar-refractivity contribution in [1.29, 1.82) is 0 Å². The average molecular weight is 179 g/mol. The Morgan fingerprint density at radius 3 is 2.18 bits per heavy atom. The number of sulfone groups is 1. The predicted octanol–water partition coefficient (Wildman–Crippen LogP) is 0.419. The maximum Gasteiger partial charge on any atom is 0.151 e. The first-order valence-electron chi connectivity index (χ1n) is 3.92. The lowest BCUT2D eigenvalue weighted by atomic mass is 10.3. The number of hydrogen-bond acceptors (Lipinski definition) is 3. The lowest BCUT2D eigenvalue weighted by Crippen LogP contribution is -2.32. The summed E-state index contributed by atoms with van der Waals surface area (Å²) in [6.07, 6.45) is 1.98. The van der Waals surface area contributed by atoms with Crippen molar-refractivity contribution in [3.05, 3.63) is 0 Å². The van der Waals surface area contributed by atoms with E-state index >= 15 is 0 Å². The van der Waals surface area contributed by atoms with Gasteiger partial charge in [-0.3, -0.25) is 0 Å². The third-order valence-corrected chi connectivity index (χ3v) is 3.39. The molecule has 0 saturated carbocycles. The van der Waals surface area contributed by atoms with E-state index in [1.165, 1.54) is 6.26 Å². The molecular weight excluding hydrogens is 162 g/mol. The molecule has 0 fully saturated rings. The predicted molar refractivity (Wildman–Crippen MR) is 47.5 cm³/mol. The first kappa shape index (κ1) is 10.9. The molecule has 1 atom stereocenters. The van der Waals surface area contributed by atoms with E-state index in [-0.39, 0.29) is 5.25 Å². The highest BCUT2D eigenvalue weighted by Crippen LogP contribution is 2.01. The first-order chi connectivity index (χ1) is 5.02. The fourth-order valence-electron chi connectivity index (χ4n) is 0.904. The highest BCUT2D eigenvalue weighted by Gasteiger charge is 2.16. The van der Waals surface area contributed by atoms with Crippen LogP contribution < -0.4 is 5.32 Å². The molecule has 1 unspecified atom stereocenters. The topological polar surface area (TPSA) is 46.2 Å². The molecule has 0 aromatic rings. The van der Waals surface area contributed by atoms with Crippen LogP contribution in [0.15, 0.2) is 0 Å². The minimum Gasteiger partial charge on any atom is -0.316 e. The van der Waals surface area contributed by atoms with Gasteiger partial charge in [-0.1, -0.05) is 13.8 Å². The zero-order valence-electron chi connectivity index (χ0n) is 7.42. The van der Waals surface area contributed by atoms with Crippen LogP contribution >= 0.6 is 0 Å². The second-order valence-corrected chi connectivity index (χ2v) is 4.99. The second kappa shape index (κ2) is 4.72. The van der Waals surface area contributed by atoms with Crippen molar-refractivity contribution in [3.8, 4) is 0 Å². The third kappa shape index (κ3) is 4.37. The summed E-state index contributed by atoms with van der Waals surface area (Å²) >= 11 is 0. The van der Waals surface area contributed by atoms with Gasteiger partial charge in [0.2, 0.25) is 0 Å². The van der Waals surface area contributed by atoms with Crippen molar-refractivity contribution in [3.63, 3.8) is 0 Å². The van der Waals surface area contributed by atoms with Crippen LogP contribution in [0.1, 0.15) is 20.3 Å². The van der Waals surface area contributed by atoms with Crippen LogP contribution in [-0.4, -0.2) is 33.0 Å². The molecule has 0 aromatic heterocycles. The van der Waals surface area contributed by atoms with E-state index in [1.807, 2.05) is 13.8 Å². The van der Waals surface area contributed by atoms with Gasteiger partial charge in [-0.05, 0) is 13.0 Å². The van der Waals surface area contributed by atoms with Gasteiger partial charge in [-0.15, -0.1) is 0 Å². The second-order valence-electron chi connectivity index (χ2n) is 2.67. The first-order valence-corrected chi connectivity index (χ1v) is 5.87. The van der Waals surface area contributed by atoms with Crippen LogP contribution in [0.2, 0.25) is 0 Å². The number of rotatable bonds is 5. The van der Waals surface area contributed by atoms with Crippen molar-refractivity contribution in [1.82, 2.24) is 5.32 Å². The maximum atomic E-state index is 11.0. The van der Waals surface area contributed by atoms with Gasteiger partial charge >= 0.3 is 0 Å². The summed E-state index contributed by atoms with van der Waals surface area (Å²) in [6, 6.07) is 0. The maximum absolute atomic E-state index is 11.0. The van der Waals surface area contributed by atoms with Gasteiger partial charge in [-0.2, -0.15) is 0 Å². The highest BCUT2D eigenvalue weighted by molar-refractivity contribution is 7.91. The molecule has 0 spiro atoms. The Labute approximate surface area is 69.1 Å². The molecule has 0 amide bonds. The summed E-state index contributed by atoms with van der Waals surface area (Å²) < 4.78 is 22.1. The van der Waals surface area contributed by atoms with Crippen molar-refractivity contribution in [2.45, 2.75) is 25.5 Å². The summed E-state index contributed by atoms with van der Waals surface area (Å²) in [5.74, 6) is 0. The smallest absolute Gasteiger partial charge is 0.151 e. The van der Waals surface area contributed by atoms with E-state index in [9.17, 15) is 8.42 Å². The van der Waals surface area contributed by atoms with Crippen LogP contribution in [-0.2, 0) is 9.84 Å². The SMILES string of the molecule is CCNCC(CC)S(C)(=O)=O. The number of nitrogens with one attached hydrogen (secondary N) is 1. The Hall–Kier alpha value is -0.0900. The molecule has 0 saturated heterocycles. The third-order valence-electron chi connectivity index (χ3n) is 1.68. The van der Waals surface area contributed by atoms with Gasteiger partial charge in [0.1, 0.15) is 0 Å².